The summed E-state index contributed by atoms with van der Waals surface area (Å²) in [7, 11) is 0. The number of aliphatic hydroxyl groups is 1. The first-order valence-electron chi connectivity index (χ1n) is 3.84. The zero-order valence-electron chi connectivity index (χ0n) is 6.13. The van der Waals surface area contributed by atoms with Gasteiger partial charge in [-0.2, -0.15) is 0 Å². The third kappa shape index (κ3) is 0.964. The second-order valence-corrected chi connectivity index (χ2v) is 3.45. The van der Waals surface area contributed by atoms with Gasteiger partial charge in [-0.3, -0.25) is 4.90 Å². The van der Waals surface area contributed by atoms with Gasteiger partial charge in [0.25, 0.3) is 0 Å². The van der Waals surface area contributed by atoms with E-state index in [2.05, 4.69) is 0 Å². The van der Waals surface area contributed by atoms with Crippen molar-refractivity contribution in [1.29, 1.82) is 0 Å². The maximum Gasteiger partial charge on any atom is 0.247 e. The SMILES string of the molecule is OCC1(C(F)F)CC1N1CC1. The highest BCUT2D eigenvalue weighted by Crippen LogP contribution is 2.55. The fourth-order valence-electron chi connectivity index (χ4n) is 1.64. The van der Waals surface area contributed by atoms with Gasteiger partial charge < -0.3 is 5.11 Å². The Bertz CT molecular complexity index is 172. The topological polar surface area (TPSA) is 23.2 Å². The van der Waals surface area contributed by atoms with Gasteiger partial charge in [-0.05, 0) is 6.42 Å². The van der Waals surface area contributed by atoms with E-state index in [4.69, 9.17) is 5.11 Å². The molecule has 64 valence electrons. The number of rotatable bonds is 3. The minimum Gasteiger partial charge on any atom is -0.396 e. The highest BCUT2D eigenvalue weighted by atomic mass is 19.3. The molecule has 2 rings (SSSR count). The Morgan fingerprint density at radius 3 is 2.45 bits per heavy atom. The van der Waals surface area contributed by atoms with Crippen LogP contribution in [-0.4, -0.2) is 42.2 Å². The number of hydrogen-bond acceptors (Lipinski definition) is 2. The van der Waals surface area contributed by atoms with E-state index in [0.717, 1.165) is 13.1 Å². The first-order valence-corrected chi connectivity index (χ1v) is 3.84. The molecule has 2 atom stereocenters. The van der Waals surface area contributed by atoms with Gasteiger partial charge in [-0.15, -0.1) is 0 Å². The van der Waals surface area contributed by atoms with Crippen LogP contribution in [0.1, 0.15) is 6.42 Å². The second kappa shape index (κ2) is 2.14. The van der Waals surface area contributed by atoms with E-state index in [1.807, 2.05) is 4.90 Å². The molecule has 4 heteroatoms. The van der Waals surface area contributed by atoms with Crippen LogP contribution in [0.15, 0.2) is 0 Å². The van der Waals surface area contributed by atoms with Gasteiger partial charge in [0.15, 0.2) is 0 Å². The summed E-state index contributed by atoms with van der Waals surface area (Å²) in [5.74, 6) is 0. The van der Waals surface area contributed by atoms with Crippen LogP contribution in [0.4, 0.5) is 8.78 Å². The van der Waals surface area contributed by atoms with Crippen molar-refractivity contribution >= 4 is 0 Å². The molecule has 1 saturated heterocycles. The Labute approximate surface area is 63.8 Å². The zero-order valence-corrected chi connectivity index (χ0v) is 6.13. The molecule has 0 spiro atoms. The highest BCUT2D eigenvalue weighted by molar-refractivity contribution is 5.13. The maximum atomic E-state index is 12.3. The molecule has 1 aliphatic carbocycles. The summed E-state index contributed by atoms with van der Waals surface area (Å²) in [6.45, 7) is 1.49. The van der Waals surface area contributed by atoms with E-state index in [1.54, 1.807) is 0 Å². The predicted molar refractivity (Wildman–Crippen MR) is 35.5 cm³/mol. The Balaban J connectivity index is 1.99. The van der Waals surface area contributed by atoms with Gasteiger partial charge in [0, 0.05) is 19.1 Å². The minimum absolute atomic E-state index is 0.0347. The van der Waals surface area contributed by atoms with Gasteiger partial charge in [0.2, 0.25) is 6.43 Å². The van der Waals surface area contributed by atoms with Gasteiger partial charge in [0.05, 0.1) is 12.0 Å². The van der Waals surface area contributed by atoms with Crippen molar-refractivity contribution < 1.29 is 13.9 Å². The average molecular weight is 163 g/mol. The van der Waals surface area contributed by atoms with E-state index in [-0.39, 0.29) is 12.6 Å². The summed E-state index contributed by atoms with van der Waals surface area (Å²) >= 11 is 0. The van der Waals surface area contributed by atoms with Crippen LogP contribution in [0.5, 0.6) is 0 Å². The largest absolute Gasteiger partial charge is 0.396 e. The van der Waals surface area contributed by atoms with Crippen LogP contribution in [0.25, 0.3) is 0 Å². The summed E-state index contributed by atoms with van der Waals surface area (Å²) in [6.07, 6.45) is -1.89. The molecule has 1 heterocycles. The molecule has 2 nitrogen and oxygen atoms in total. The monoisotopic (exact) mass is 163 g/mol. The quantitative estimate of drug-likeness (QED) is 0.605. The summed E-state index contributed by atoms with van der Waals surface area (Å²) in [5, 5.41) is 8.77. The maximum absolute atomic E-state index is 12.3. The van der Waals surface area contributed by atoms with E-state index < -0.39 is 11.8 Å². The Kier molecular flexibility index (Phi) is 1.44. The second-order valence-electron chi connectivity index (χ2n) is 3.45. The van der Waals surface area contributed by atoms with Crippen molar-refractivity contribution in [1.82, 2.24) is 4.90 Å². The zero-order chi connectivity index (χ0) is 8.06. The number of aliphatic hydroxyl groups excluding tert-OH is 1. The lowest BCUT2D eigenvalue weighted by molar-refractivity contribution is 0.0144. The lowest BCUT2D eigenvalue weighted by Crippen LogP contribution is -2.25. The molecule has 1 saturated carbocycles. The Morgan fingerprint density at radius 2 is 2.18 bits per heavy atom. The molecule has 0 aromatic carbocycles. The first kappa shape index (κ1) is 7.43. The fourth-order valence-corrected chi connectivity index (χ4v) is 1.64. The van der Waals surface area contributed by atoms with Crippen molar-refractivity contribution in [2.24, 2.45) is 5.41 Å². The molecule has 0 bridgehead atoms. The Morgan fingerprint density at radius 1 is 1.55 bits per heavy atom. The molecule has 2 unspecified atom stereocenters. The normalized spacial score (nSPS) is 43.1. The predicted octanol–water partition coefficient (Wildman–Crippen LogP) is 0.318. The van der Waals surface area contributed by atoms with Crippen LogP contribution < -0.4 is 0 Å². The minimum atomic E-state index is -2.36. The first-order chi connectivity index (χ1) is 5.20. The standard InChI is InChI=1S/C7H11F2NO/c8-6(9)7(4-11)3-5(7)10-1-2-10/h5-6,11H,1-4H2. The van der Waals surface area contributed by atoms with Crippen molar-refractivity contribution in [3.63, 3.8) is 0 Å². The van der Waals surface area contributed by atoms with Crippen molar-refractivity contribution in [2.75, 3.05) is 19.7 Å². The van der Waals surface area contributed by atoms with E-state index in [9.17, 15) is 8.78 Å². The van der Waals surface area contributed by atoms with E-state index in [0.29, 0.717) is 6.42 Å². The Hall–Kier alpha value is -0.220. The van der Waals surface area contributed by atoms with Crippen molar-refractivity contribution in [3.05, 3.63) is 0 Å². The highest BCUT2D eigenvalue weighted by Gasteiger charge is 2.64. The van der Waals surface area contributed by atoms with Crippen LogP contribution in [0.2, 0.25) is 0 Å². The van der Waals surface area contributed by atoms with Crippen LogP contribution >= 0.6 is 0 Å². The molecule has 2 aliphatic rings. The summed E-state index contributed by atoms with van der Waals surface area (Å²) < 4.78 is 24.7. The van der Waals surface area contributed by atoms with Gasteiger partial charge >= 0.3 is 0 Å². The van der Waals surface area contributed by atoms with Crippen LogP contribution in [-0.2, 0) is 0 Å². The number of nitrogens with zero attached hydrogens (tertiary/aromatic N) is 1. The number of alkyl halides is 2. The third-order valence-electron chi connectivity index (χ3n) is 2.73. The molecule has 1 aliphatic heterocycles. The summed E-state index contributed by atoms with van der Waals surface area (Å²) in [5.41, 5.74) is -1.06. The molecule has 0 aromatic heterocycles. The lowest BCUT2D eigenvalue weighted by atomic mass is 10.1. The van der Waals surface area contributed by atoms with Crippen LogP contribution in [0.3, 0.4) is 0 Å². The lowest BCUT2D eigenvalue weighted by Gasteiger charge is -2.12. The van der Waals surface area contributed by atoms with E-state index in [1.165, 1.54) is 0 Å². The van der Waals surface area contributed by atoms with Crippen LogP contribution in [0, 0.1) is 5.41 Å². The van der Waals surface area contributed by atoms with Crippen molar-refractivity contribution in [3.8, 4) is 0 Å². The molecule has 0 amide bonds. The summed E-state index contributed by atoms with van der Waals surface area (Å²) in [6, 6.07) is -0.0347. The number of halogens is 2. The fraction of sp³-hybridized carbons (Fsp3) is 1.00. The molecule has 11 heavy (non-hydrogen) atoms. The summed E-state index contributed by atoms with van der Waals surface area (Å²) in [4.78, 5) is 1.99. The van der Waals surface area contributed by atoms with Gasteiger partial charge in [-0.1, -0.05) is 0 Å². The molecule has 1 N–H and O–H groups in total. The number of hydrogen-bond donors (Lipinski definition) is 1. The van der Waals surface area contributed by atoms with E-state index >= 15 is 0 Å². The molecular weight excluding hydrogens is 152 g/mol. The van der Waals surface area contributed by atoms with Crippen molar-refractivity contribution in [2.45, 2.75) is 18.9 Å². The molecule has 0 radical (unpaired) electrons. The average Bonchev–Trinajstić information content (AvgIpc) is 2.83. The molecule has 0 aromatic rings. The van der Waals surface area contributed by atoms with Gasteiger partial charge in [-0.25, -0.2) is 8.78 Å². The third-order valence-corrected chi connectivity index (χ3v) is 2.73. The smallest absolute Gasteiger partial charge is 0.247 e. The molecular formula is C7H11F2NO. The molecule has 2 fully saturated rings. The van der Waals surface area contributed by atoms with Gasteiger partial charge in [0.1, 0.15) is 0 Å².